The molecule has 1 aliphatic rings. The van der Waals surface area contributed by atoms with Crippen LogP contribution in [-0.2, 0) is 0 Å². The maximum absolute atomic E-state index is 12.2. The van der Waals surface area contributed by atoms with Gasteiger partial charge in [-0.05, 0) is 26.0 Å². The fourth-order valence-electron chi connectivity index (χ4n) is 2.57. The molecule has 6 heteroatoms. The smallest absolute Gasteiger partial charge is 0.179 e. The Morgan fingerprint density at radius 1 is 1.47 bits per heavy atom. The molecule has 1 aromatic heterocycles. The molecular formula is C13H17Cl2NO2S. The summed E-state index contributed by atoms with van der Waals surface area (Å²) >= 11 is 13.0. The van der Waals surface area contributed by atoms with Crippen molar-refractivity contribution in [2.45, 2.75) is 37.8 Å². The number of carbonyl (C=O) groups is 1. The lowest BCUT2D eigenvalue weighted by molar-refractivity contribution is 0.0322. The van der Waals surface area contributed by atoms with Crippen LogP contribution < -0.4 is 0 Å². The molecule has 0 radical (unpaired) electrons. The SMILES string of the molecule is CN(CC(=O)c1cc(Cl)sc1Cl)C1CCCCC1O. The Labute approximate surface area is 127 Å². The van der Waals surface area contributed by atoms with Crippen molar-refractivity contribution in [3.05, 3.63) is 20.3 Å². The van der Waals surface area contributed by atoms with E-state index in [9.17, 15) is 9.90 Å². The van der Waals surface area contributed by atoms with E-state index in [4.69, 9.17) is 23.2 Å². The second-order valence-corrected chi connectivity index (χ2v) is 7.28. The zero-order valence-electron chi connectivity index (χ0n) is 10.7. The van der Waals surface area contributed by atoms with Crippen molar-refractivity contribution >= 4 is 40.3 Å². The van der Waals surface area contributed by atoms with E-state index < -0.39 is 0 Å². The van der Waals surface area contributed by atoms with Crippen LogP contribution in [0.3, 0.4) is 0 Å². The molecule has 2 rings (SSSR count). The van der Waals surface area contributed by atoms with Crippen LogP contribution in [0, 0.1) is 0 Å². The second-order valence-electron chi connectivity index (χ2n) is 5.00. The fourth-order valence-corrected chi connectivity index (χ4v) is 4.06. The monoisotopic (exact) mass is 321 g/mol. The quantitative estimate of drug-likeness (QED) is 0.863. The molecule has 106 valence electrons. The van der Waals surface area contributed by atoms with Crippen LogP contribution in [0.2, 0.25) is 8.67 Å². The van der Waals surface area contributed by atoms with Gasteiger partial charge >= 0.3 is 0 Å². The van der Waals surface area contributed by atoms with E-state index in [1.807, 2.05) is 11.9 Å². The standard InChI is InChI=1S/C13H17Cl2NO2S/c1-16(9-4-2-3-5-10(9)17)7-11(18)8-6-12(14)19-13(8)15/h6,9-10,17H,2-5,7H2,1H3. The maximum atomic E-state index is 12.2. The highest BCUT2D eigenvalue weighted by Crippen LogP contribution is 2.32. The third-order valence-corrected chi connectivity index (χ3v) is 5.10. The molecular weight excluding hydrogens is 305 g/mol. The van der Waals surface area contributed by atoms with Crippen molar-refractivity contribution in [2.75, 3.05) is 13.6 Å². The van der Waals surface area contributed by atoms with Crippen molar-refractivity contribution in [2.24, 2.45) is 0 Å². The Morgan fingerprint density at radius 3 is 2.74 bits per heavy atom. The summed E-state index contributed by atoms with van der Waals surface area (Å²) in [6.45, 7) is 0.258. The normalized spacial score (nSPS) is 23.8. The van der Waals surface area contributed by atoms with Crippen molar-refractivity contribution in [3.8, 4) is 0 Å². The number of aliphatic hydroxyl groups excluding tert-OH is 1. The lowest BCUT2D eigenvalue weighted by Gasteiger charge is -2.34. The molecule has 1 aromatic rings. The van der Waals surface area contributed by atoms with E-state index >= 15 is 0 Å². The summed E-state index contributed by atoms with van der Waals surface area (Å²) in [6.07, 6.45) is 3.57. The predicted octanol–water partition coefficient (Wildman–Crippen LogP) is 3.47. The van der Waals surface area contributed by atoms with Crippen LogP contribution in [0.1, 0.15) is 36.0 Å². The van der Waals surface area contributed by atoms with Gasteiger partial charge in [0.15, 0.2) is 5.78 Å². The summed E-state index contributed by atoms with van der Waals surface area (Å²) in [6, 6.07) is 1.67. The Bertz CT molecular complexity index is 463. The molecule has 1 aliphatic carbocycles. The summed E-state index contributed by atoms with van der Waals surface area (Å²) in [5.74, 6) is -0.0478. The van der Waals surface area contributed by atoms with Gasteiger partial charge in [-0.3, -0.25) is 9.69 Å². The van der Waals surface area contributed by atoms with Gasteiger partial charge in [0.05, 0.1) is 22.5 Å². The topological polar surface area (TPSA) is 40.5 Å². The number of hydrogen-bond donors (Lipinski definition) is 1. The summed E-state index contributed by atoms with van der Waals surface area (Å²) < 4.78 is 0.960. The molecule has 0 spiro atoms. The number of carbonyl (C=O) groups excluding carboxylic acids is 1. The minimum atomic E-state index is -0.340. The minimum absolute atomic E-state index is 0.0478. The van der Waals surface area contributed by atoms with Gasteiger partial charge in [0.25, 0.3) is 0 Å². The molecule has 1 fully saturated rings. The van der Waals surface area contributed by atoms with Gasteiger partial charge in [0.2, 0.25) is 0 Å². The molecule has 2 atom stereocenters. The van der Waals surface area contributed by atoms with Gasteiger partial charge in [-0.25, -0.2) is 0 Å². The number of aliphatic hydroxyl groups is 1. The lowest BCUT2D eigenvalue weighted by atomic mass is 9.91. The first-order valence-electron chi connectivity index (χ1n) is 6.35. The Balaban J connectivity index is 2.00. The fraction of sp³-hybridized carbons (Fsp3) is 0.615. The first-order valence-corrected chi connectivity index (χ1v) is 7.92. The van der Waals surface area contributed by atoms with Gasteiger partial charge in [-0.2, -0.15) is 0 Å². The average Bonchev–Trinajstić information content (AvgIpc) is 2.69. The molecule has 19 heavy (non-hydrogen) atoms. The van der Waals surface area contributed by atoms with E-state index in [1.54, 1.807) is 6.07 Å². The molecule has 1 N–H and O–H groups in total. The molecule has 0 bridgehead atoms. The zero-order valence-corrected chi connectivity index (χ0v) is 13.1. The third-order valence-electron chi connectivity index (χ3n) is 3.61. The second kappa shape index (κ2) is 6.55. The summed E-state index contributed by atoms with van der Waals surface area (Å²) in [5, 5.41) is 9.98. The Morgan fingerprint density at radius 2 is 2.16 bits per heavy atom. The summed E-state index contributed by atoms with van der Waals surface area (Å²) in [5.41, 5.74) is 0.480. The predicted molar refractivity (Wildman–Crippen MR) is 79.6 cm³/mol. The van der Waals surface area contributed by atoms with E-state index in [2.05, 4.69) is 0 Å². The molecule has 1 heterocycles. The van der Waals surface area contributed by atoms with Gasteiger partial charge in [-0.15, -0.1) is 11.3 Å². The number of ketones is 1. The van der Waals surface area contributed by atoms with Gasteiger partial charge < -0.3 is 5.11 Å². The third kappa shape index (κ3) is 3.70. The van der Waals surface area contributed by atoms with Crippen molar-refractivity contribution in [1.82, 2.24) is 4.90 Å². The largest absolute Gasteiger partial charge is 0.391 e. The molecule has 3 nitrogen and oxygen atoms in total. The highest BCUT2D eigenvalue weighted by Gasteiger charge is 2.28. The molecule has 0 aliphatic heterocycles. The summed E-state index contributed by atoms with van der Waals surface area (Å²) in [4.78, 5) is 14.1. The number of nitrogens with zero attached hydrogens (tertiary/aromatic N) is 1. The van der Waals surface area contributed by atoms with Crippen LogP contribution in [0.15, 0.2) is 6.07 Å². The van der Waals surface area contributed by atoms with Gasteiger partial charge in [0, 0.05) is 6.04 Å². The van der Waals surface area contributed by atoms with E-state index in [1.165, 1.54) is 11.3 Å². The summed E-state index contributed by atoms with van der Waals surface area (Å²) in [7, 11) is 1.87. The number of likely N-dealkylation sites (N-methyl/N-ethyl adjacent to an activating group) is 1. The number of hydrogen-bond acceptors (Lipinski definition) is 4. The number of rotatable bonds is 4. The average molecular weight is 322 g/mol. The molecule has 0 aromatic carbocycles. The number of halogens is 2. The van der Waals surface area contributed by atoms with Gasteiger partial charge in [-0.1, -0.05) is 36.0 Å². The number of Topliss-reactive ketones (excluding diaryl/α,β-unsaturated/α-hetero) is 1. The van der Waals surface area contributed by atoms with Crippen LogP contribution in [-0.4, -0.2) is 41.5 Å². The van der Waals surface area contributed by atoms with Gasteiger partial charge in [0.1, 0.15) is 4.34 Å². The van der Waals surface area contributed by atoms with Crippen LogP contribution in [0.4, 0.5) is 0 Å². The molecule has 0 amide bonds. The van der Waals surface area contributed by atoms with E-state index in [-0.39, 0.29) is 24.5 Å². The van der Waals surface area contributed by atoms with Crippen LogP contribution in [0.5, 0.6) is 0 Å². The van der Waals surface area contributed by atoms with E-state index in [0.29, 0.717) is 14.2 Å². The van der Waals surface area contributed by atoms with Crippen molar-refractivity contribution in [1.29, 1.82) is 0 Å². The Hall–Kier alpha value is -0.130. The zero-order chi connectivity index (χ0) is 14.0. The first-order chi connectivity index (χ1) is 8.99. The Kier molecular flexibility index (Phi) is 5.26. The number of thiophene rings is 1. The molecule has 1 saturated carbocycles. The highest BCUT2D eigenvalue weighted by atomic mass is 35.5. The van der Waals surface area contributed by atoms with Crippen molar-refractivity contribution < 1.29 is 9.90 Å². The lowest BCUT2D eigenvalue weighted by Crippen LogP contribution is -2.45. The van der Waals surface area contributed by atoms with Crippen LogP contribution in [0.25, 0.3) is 0 Å². The first kappa shape index (κ1) is 15.3. The highest BCUT2D eigenvalue weighted by molar-refractivity contribution is 7.20. The van der Waals surface area contributed by atoms with Crippen molar-refractivity contribution in [3.63, 3.8) is 0 Å². The van der Waals surface area contributed by atoms with E-state index in [0.717, 1.165) is 25.7 Å². The molecule has 2 unspecified atom stereocenters. The maximum Gasteiger partial charge on any atom is 0.179 e. The minimum Gasteiger partial charge on any atom is -0.391 e. The molecule has 0 saturated heterocycles. The van der Waals surface area contributed by atoms with Crippen LogP contribution >= 0.6 is 34.5 Å².